The Morgan fingerprint density at radius 2 is 1.54 bits per heavy atom. The summed E-state index contributed by atoms with van der Waals surface area (Å²) in [6, 6.07) is 23.6. The molecule has 4 nitrogen and oxygen atoms in total. The van der Waals surface area contributed by atoms with Crippen LogP contribution in [0.5, 0.6) is 0 Å². The highest BCUT2D eigenvalue weighted by Gasteiger charge is 2.32. The molecular formula is C28H28F3N3O. The monoisotopic (exact) mass is 479 g/mol. The van der Waals surface area contributed by atoms with Crippen molar-refractivity contribution in [3.63, 3.8) is 0 Å². The molecule has 1 aliphatic rings. The number of carbonyl (C=O) groups is 1. The van der Waals surface area contributed by atoms with E-state index in [1.54, 1.807) is 0 Å². The minimum Gasteiger partial charge on any atom is -0.324 e. The molecular weight excluding hydrogens is 451 g/mol. The number of benzene rings is 3. The molecule has 1 heterocycles. The van der Waals surface area contributed by atoms with Crippen LogP contribution in [0, 0.1) is 0 Å². The summed E-state index contributed by atoms with van der Waals surface area (Å²) in [6.45, 7) is 3.75. The van der Waals surface area contributed by atoms with Gasteiger partial charge in [-0.3, -0.25) is 14.6 Å². The van der Waals surface area contributed by atoms with Gasteiger partial charge in [-0.1, -0.05) is 78.9 Å². The first-order valence-corrected chi connectivity index (χ1v) is 11.6. The van der Waals surface area contributed by atoms with Crippen LogP contribution in [0.25, 0.3) is 6.08 Å². The van der Waals surface area contributed by atoms with Crippen LogP contribution >= 0.6 is 0 Å². The predicted molar refractivity (Wildman–Crippen MR) is 133 cm³/mol. The smallest absolute Gasteiger partial charge is 0.324 e. The molecule has 1 saturated heterocycles. The molecule has 0 spiro atoms. The maximum Gasteiger partial charge on any atom is 0.416 e. The highest BCUT2D eigenvalue weighted by molar-refractivity contribution is 5.95. The molecule has 1 atom stereocenters. The fraction of sp³-hybridized carbons (Fsp3) is 0.250. The first kappa shape index (κ1) is 24.7. The summed E-state index contributed by atoms with van der Waals surface area (Å²) in [5.74, 6) is -0.340. The number of nitrogens with zero attached hydrogens (tertiary/aromatic N) is 2. The van der Waals surface area contributed by atoms with Crippen LogP contribution in [0.15, 0.2) is 91.0 Å². The van der Waals surface area contributed by atoms with Gasteiger partial charge in [0.25, 0.3) is 0 Å². The van der Waals surface area contributed by atoms with E-state index in [-0.39, 0.29) is 11.6 Å². The maximum absolute atomic E-state index is 13.3. The molecule has 35 heavy (non-hydrogen) atoms. The Bertz CT molecular complexity index is 1120. The van der Waals surface area contributed by atoms with E-state index >= 15 is 0 Å². The molecule has 3 aromatic rings. The average molecular weight is 480 g/mol. The number of halogens is 3. The minimum absolute atomic E-state index is 0.135. The van der Waals surface area contributed by atoms with Gasteiger partial charge in [0, 0.05) is 38.4 Å². The molecule has 0 aliphatic carbocycles. The van der Waals surface area contributed by atoms with Crippen LogP contribution in [0.3, 0.4) is 0 Å². The fourth-order valence-electron chi connectivity index (χ4n) is 4.25. The van der Waals surface area contributed by atoms with Gasteiger partial charge >= 0.3 is 6.18 Å². The lowest BCUT2D eigenvalue weighted by Crippen LogP contribution is -2.50. The number of carbonyl (C=O) groups excluding carboxylic acids is 1. The third-order valence-corrected chi connectivity index (χ3v) is 6.07. The molecule has 1 fully saturated rings. The van der Waals surface area contributed by atoms with E-state index in [1.165, 1.54) is 12.1 Å². The van der Waals surface area contributed by atoms with Crippen molar-refractivity contribution >= 4 is 17.7 Å². The van der Waals surface area contributed by atoms with Gasteiger partial charge in [-0.05, 0) is 29.3 Å². The van der Waals surface area contributed by atoms with Crippen molar-refractivity contribution in [3.8, 4) is 0 Å². The van der Waals surface area contributed by atoms with Crippen LogP contribution in [0.4, 0.5) is 18.9 Å². The Balaban J connectivity index is 1.42. The summed E-state index contributed by atoms with van der Waals surface area (Å²) < 4.78 is 39.3. The van der Waals surface area contributed by atoms with Crippen molar-refractivity contribution in [2.24, 2.45) is 0 Å². The van der Waals surface area contributed by atoms with Crippen LogP contribution in [0.2, 0.25) is 0 Å². The Labute approximate surface area is 203 Å². The van der Waals surface area contributed by atoms with Crippen molar-refractivity contribution in [2.45, 2.75) is 12.2 Å². The van der Waals surface area contributed by atoms with Crippen LogP contribution in [0.1, 0.15) is 22.7 Å². The fourth-order valence-corrected chi connectivity index (χ4v) is 4.25. The maximum atomic E-state index is 13.3. The molecule has 0 unspecified atom stereocenters. The van der Waals surface area contributed by atoms with E-state index in [0.29, 0.717) is 13.1 Å². The van der Waals surface area contributed by atoms with Gasteiger partial charge in [0.2, 0.25) is 5.91 Å². The second-order valence-electron chi connectivity index (χ2n) is 8.53. The number of amides is 1. The van der Waals surface area contributed by atoms with Crippen molar-refractivity contribution in [2.75, 3.05) is 38.0 Å². The molecule has 0 aromatic heterocycles. The zero-order valence-corrected chi connectivity index (χ0v) is 19.3. The minimum atomic E-state index is -4.47. The number of piperazine rings is 1. The normalized spacial score (nSPS) is 16.3. The molecule has 1 N–H and O–H groups in total. The predicted octanol–water partition coefficient (Wildman–Crippen LogP) is 5.72. The van der Waals surface area contributed by atoms with Crippen LogP contribution in [-0.2, 0) is 11.0 Å². The standard InChI is InChI=1S/C28H28F3N3O/c29-28(30,31)24-14-7-15-25(21-24)32-27(35)26(23-12-5-2-6-13-23)34-19-17-33(18-20-34)16-8-11-22-9-3-1-4-10-22/h1-15,21,26H,16-20H2,(H,32,35)/b11-8+/t26-/m0/s1. The molecule has 0 radical (unpaired) electrons. The number of hydrogen-bond acceptors (Lipinski definition) is 3. The highest BCUT2D eigenvalue weighted by Crippen LogP contribution is 2.31. The van der Waals surface area contributed by atoms with Crippen LogP contribution < -0.4 is 5.32 Å². The third kappa shape index (κ3) is 6.81. The van der Waals surface area contributed by atoms with Gasteiger partial charge in [-0.15, -0.1) is 0 Å². The summed E-state index contributed by atoms with van der Waals surface area (Å²) in [5, 5.41) is 2.71. The Kier molecular flexibility index (Phi) is 8.00. The molecule has 0 saturated carbocycles. The van der Waals surface area contributed by atoms with E-state index in [0.717, 1.165) is 42.9 Å². The lowest BCUT2D eigenvalue weighted by molar-refractivity contribution is -0.137. The number of anilines is 1. The van der Waals surface area contributed by atoms with Crippen molar-refractivity contribution in [3.05, 3.63) is 108 Å². The highest BCUT2D eigenvalue weighted by atomic mass is 19.4. The summed E-state index contributed by atoms with van der Waals surface area (Å²) in [6.07, 6.45) is -0.230. The summed E-state index contributed by atoms with van der Waals surface area (Å²) in [4.78, 5) is 17.7. The van der Waals surface area contributed by atoms with Gasteiger partial charge in [0.1, 0.15) is 6.04 Å². The third-order valence-electron chi connectivity index (χ3n) is 6.07. The van der Waals surface area contributed by atoms with E-state index in [9.17, 15) is 18.0 Å². The zero-order chi connectivity index (χ0) is 24.7. The van der Waals surface area contributed by atoms with Crippen molar-refractivity contribution in [1.82, 2.24) is 9.80 Å². The Hall–Kier alpha value is -3.42. The first-order chi connectivity index (χ1) is 16.9. The number of nitrogens with one attached hydrogen (secondary N) is 1. The van der Waals surface area contributed by atoms with E-state index in [2.05, 4.69) is 39.4 Å². The molecule has 1 aliphatic heterocycles. The SMILES string of the molecule is O=C(Nc1cccc(C(F)(F)F)c1)[C@H](c1ccccc1)N1CCN(C/C=C/c2ccccc2)CC1. The average Bonchev–Trinajstić information content (AvgIpc) is 2.86. The topological polar surface area (TPSA) is 35.6 Å². The van der Waals surface area contributed by atoms with Gasteiger partial charge in [-0.25, -0.2) is 0 Å². The quantitative estimate of drug-likeness (QED) is 0.471. The Morgan fingerprint density at radius 1 is 0.886 bits per heavy atom. The largest absolute Gasteiger partial charge is 0.416 e. The van der Waals surface area contributed by atoms with E-state index < -0.39 is 17.8 Å². The van der Waals surface area contributed by atoms with E-state index in [4.69, 9.17) is 0 Å². The van der Waals surface area contributed by atoms with Crippen LogP contribution in [-0.4, -0.2) is 48.4 Å². The molecule has 4 rings (SSSR count). The first-order valence-electron chi connectivity index (χ1n) is 11.6. The molecule has 1 amide bonds. The number of hydrogen-bond donors (Lipinski definition) is 1. The summed E-state index contributed by atoms with van der Waals surface area (Å²) >= 11 is 0. The van der Waals surface area contributed by atoms with Gasteiger partial charge < -0.3 is 5.32 Å². The summed E-state index contributed by atoms with van der Waals surface area (Å²) in [5.41, 5.74) is 1.31. The van der Waals surface area contributed by atoms with Gasteiger partial charge in [-0.2, -0.15) is 13.2 Å². The molecule has 7 heteroatoms. The Morgan fingerprint density at radius 3 is 2.20 bits per heavy atom. The summed E-state index contributed by atoms with van der Waals surface area (Å²) in [7, 11) is 0. The molecule has 182 valence electrons. The van der Waals surface area contributed by atoms with Gasteiger partial charge in [0.15, 0.2) is 0 Å². The zero-order valence-electron chi connectivity index (χ0n) is 19.3. The lowest BCUT2D eigenvalue weighted by atomic mass is 10.0. The molecule has 0 bridgehead atoms. The number of alkyl halides is 3. The second kappa shape index (κ2) is 11.3. The molecule has 3 aromatic carbocycles. The lowest BCUT2D eigenvalue weighted by Gasteiger charge is -2.38. The van der Waals surface area contributed by atoms with E-state index in [1.807, 2.05) is 48.5 Å². The second-order valence-corrected chi connectivity index (χ2v) is 8.53. The van der Waals surface area contributed by atoms with Gasteiger partial charge in [0.05, 0.1) is 5.56 Å². The van der Waals surface area contributed by atoms with Crippen molar-refractivity contribution < 1.29 is 18.0 Å². The number of rotatable bonds is 7. The van der Waals surface area contributed by atoms with Crippen molar-refractivity contribution in [1.29, 1.82) is 0 Å².